The molecule has 2 aromatic rings. The number of benzene rings is 2. The summed E-state index contributed by atoms with van der Waals surface area (Å²) in [5.41, 5.74) is 6.07. The zero-order valence-corrected chi connectivity index (χ0v) is 25.8. The lowest BCUT2D eigenvalue weighted by molar-refractivity contribution is -0.201. The first-order chi connectivity index (χ1) is 21.4. The fourth-order valence-electron chi connectivity index (χ4n) is 9.73. The number of ketones is 2. The number of carbonyl (C=O) groups is 2. The van der Waals surface area contributed by atoms with Gasteiger partial charge in [-0.25, -0.2) is 4.39 Å². The molecule has 3 saturated carbocycles. The number of rotatable bonds is 6. The van der Waals surface area contributed by atoms with E-state index in [1.807, 2.05) is 19.1 Å². The summed E-state index contributed by atoms with van der Waals surface area (Å²) in [6.45, 7) is 5.13. The van der Waals surface area contributed by atoms with E-state index in [0.29, 0.717) is 17.7 Å². The third-order valence-corrected chi connectivity index (χ3v) is 11.7. The maximum absolute atomic E-state index is 16.2. The van der Waals surface area contributed by atoms with Crippen LogP contribution in [0, 0.1) is 41.3 Å². The summed E-state index contributed by atoms with van der Waals surface area (Å²) < 4.78 is 35.1. The van der Waals surface area contributed by atoms with Gasteiger partial charge in [-0.1, -0.05) is 43.7 Å². The molecule has 9 atom stereocenters. The Morgan fingerprint density at radius 1 is 1.22 bits per heavy atom. The molecule has 0 amide bonds. The molecule has 238 valence electrons. The number of Topliss-reactive ketones (excluding diaryl/α,β-unsaturated/α-hetero) is 1. The molecule has 0 spiro atoms. The minimum absolute atomic E-state index is 0.0168. The monoisotopic (exact) mass is 617 g/mol. The SMILES string of the molecule is Cc1ccc(OCc2cccc(N)c2)c(F)c1[C@H]1O[C@@H]2C[C@H]3C4CCC5=CC(=O)C=C[C@]5(C)[C@H]4[C@@H](O)C[C@]3(C)[C@]2(C(=O)CO)O1. The molecule has 5 aliphatic rings. The fraction of sp³-hybridized carbons (Fsp3) is 0.500. The Morgan fingerprint density at radius 3 is 2.78 bits per heavy atom. The maximum Gasteiger partial charge on any atom is 0.193 e. The minimum Gasteiger partial charge on any atom is -0.486 e. The lowest BCUT2D eigenvalue weighted by Gasteiger charge is -2.59. The number of ether oxygens (including phenoxy) is 3. The first-order valence-corrected chi connectivity index (χ1v) is 15.8. The van der Waals surface area contributed by atoms with Crippen LogP contribution in [0.4, 0.5) is 10.1 Å². The predicted molar refractivity (Wildman–Crippen MR) is 163 cm³/mol. The molecule has 2 aromatic carbocycles. The van der Waals surface area contributed by atoms with Gasteiger partial charge in [-0.15, -0.1) is 0 Å². The van der Waals surface area contributed by atoms with Gasteiger partial charge in [-0.05, 0) is 85.9 Å². The number of halogens is 1. The Morgan fingerprint density at radius 2 is 2.02 bits per heavy atom. The summed E-state index contributed by atoms with van der Waals surface area (Å²) in [6.07, 6.45) is 4.67. The van der Waals surface area contributed by atoms with Crippen LogP contribution in [-0.4, -0.2) is 46.2 Å². The summed E-state index contributed by atoms with van der Waals surface area (Å²) in [7, 11) is 0. The molecule has 4 fully saturated rings. The van der Waals surface area contributed by atoms with Crippen molar-refractivity contribution in [3.63, 3.8) is 0 Å². The van der Waals surface area contributed by atoms with Crippen LogP contribution in [0.2, 0.25) is 0 Å². The minimum atomic E-state index is -1.57. The topological polar surface area (TPSA) is 128 Å². The maximum atomic E-state index is 16.2. The quantitative estimate of drug-likeness (QED) is 0.391. The van der Waals surface area contributed by atoms with Gasteiger partial charge in [0.15, 0.2) is 35.0 Å². The number of aryl methyl sites for hydroxylation is 1. The average Bonchev–Trinajstić information content (AvgIpc) is 3.49. The molecular formula is C36H40FNO7. The van der Waals surface area contributed by atoms with E-state index in [9.17, 15) is 19.8 Å². The number of fused-ring (bicyclic) bond motifs is 7. The van der Waals surface area contributed by atoms with E-state index in [1.54, 1.807) is 49.4 Å². The number of hydrogen-bond acceptors (Lipinski definition) is 8. The number of carbonyl (C=O) groups excluding carboxylic acids is 2. The van der Waals surface area contributed by atoms with E-state index in [1.165, 1.54) is 0 Å². The highest BCUT2D eigenvalue weighted by molar-refractivity contribution is 6.01. The number of anilines is 1. The zero-order valence-electron chi connectivity index (χ0n) is 25.8. The second-order valence-electron chi connectivity index (χ2n) is 14.0. The smallest absolute Gasteiger partial charge is 0.193 e. The lowest BCUT2D eigenvalue weighted by Crippen LogP contribution is -2.63. The summed E-state index contributed by atoms with van der Waals surface area (Å²) in [5.74, 6) is -1.36. The lowest BCUT2D eigenvalue weighted by atomic mass is 9.46. The van der Waals surface area contributed by atoms with Gasteiger partial charge in [0.05, 0.1) is 17.8 Å². The van der Waals surface area contributed by atoms with E-state index in [0.717, 1.165) is 24.0 Å². The first-order valence-electron chi connectivity index (χ1n) is 15.8. The van der Waals surface area contributed by atoms with Crippen molar-refractivity contribution < 1.29 is 38.4 Å². The summed E-state index contributed by atoms with van der Waals surface area (Å²) in [6, 6.07) is 10.4. The molecule has 1 heterocycles. The Balaban J connectivity index is 1.21. The molecule has 0 aromatic heterocycles. The number of aliphatic hydroxyl groups excluding tert-OH is 2. The van der Waals surface area contributed by atoms with E-state index >= 15 is 4.39 Å². The van der Waals surface area contributed by atoms with Gasteiger partial charge in [0, 0.05) is 22.4 Å². The molecule has 0 bridgehead atoms. The number of allylic oxidation sites excluding steroid dienone is 4. The van der Waals surface area contributed by atoms with Gasteiger partial charge < -0.3 is 30.2 Å². The zero-order chi connectivity index (χ0) is 31.9. The number of nitrogens with two attached hydrogens (primary N) is 1. The highest BCUT2D eigenvalue weighted by Crippen LogP contribution is 2.70. The Bertz CT molecular complexity index is 1640. The number of nitrogen functional groups attached to an aromatic ring is 1. The van der Waals surface area contributed by atoms with Crippen LogP contribution in [0.15, 0.2) is 60.2 Å². The molecule has 4 N–H and O–H groups in total. The van der Waals surface area contributed by atoms with Crippen LogP contribution in [0.1, 0.15) is 62.5 Å². The highest BCUT2D eigenvalue weighted by atomic mass is 19.1. The largest absolute Gasteiger partial charge is 0.486 e. The van der Waals surface area contributed by atoms with Crippen LogP contribution >= 0.6 is 0 Å². The molecule has 4 aliphatic carbocycles. The molecule has 45 heavy (non-hydrogen) atoms. The molecule has 1 aliphatic heterocycles. The van der Waals surface area contributed by atoms with Gasteiger partial charge in [0.1, 0.15) is 13.2 Å². The Kier molecular flexibility index (Phi) is 7.13. The predicted octanol–water partition coefficient (Wildman–Crippen LogP) is 4.90. The Labute approximate surface area is 262 Å². The normalized spacial score (nSPS) is 38.2. The number of hydrogen-bond donors (Lipinski definition) is 3. The van der Waals surface area contributed by atoms with Crippen LogP contribution < -0.4 is 10.5 Å². The van der Waals surface area contributed by atoms with Crippen molar-refractivity contribution in [2.24, 2.45) is 28.6 Å². The average molecular weight is 618 g/mol. The van der Waals surface area contributed by atoms with Crippen molar-refractivity contribution in [3.05, 3.63) is 82.7 Å². The molecule has 1 unspecified atom stereocenters. The second kappa shape index (κ2) is 10.6. The van der Waals surface area contributed by atoms with Crippen molar-refractivity contribution in [2.45, 2.75) is 77.2 Å². The van der Waals surface area contributed by atoms with Crippen molar-refractivity contribution >= 4 is 17.3 Å². The molecule has 7 rings (SSSR count). The Hall–Kier alpha value is -3.37. The van der Waals surface area contributed by atoms with E-state index in [-0.39, 0.29) is 47.9 Å². The van der Waals surface area contributed by atoms with E-state index in [2.05, 4.69) is 6.92 Å². The summed E-state index contributed by atoms with van der Waals surface area (Å²) >= 11 is 0. The molecule has 8 nitrogen and oxygen atoms in total. The molecule has 9 heteroatoms. The second-order valence-corrected chi connectivity index (χ2v) is 14.0. The molecular weight excluding hydrogens is 577 g/mol. The third-order valence-electron chi connectivity index (χ3n) is 11.7. The van der Waals surface area contributed by atoms with Crippen LogP contribution in [0.25, 0.3) is 0 Å². The van der Waals surface area contributed by atoms with E-state index in [4.69, 9.17) is 19.9 Å². The van der Waals surface area contributed by atoms with Crippen molar-refractivity contribution in [2.75, 3.05) is 12.3 Å². The highest BCUT2D eigenvalue weighted by Gasteiger charge is 2.76. The first kappa shape index (κ1) is 30.3. The van der Waals surface area contributed by atoms with E-state index < -0.39 is 53.1 Å². The summed E-state index contributed by atoms with van der Waals surface area (Å²) in [5, 5.41) is 22.1. The van der Waals surface area contributed by atoms with Crippen molar-refractivity contribution in [1.82, 2.24) is 0 Å². The molecule has 1 saturated heterocycles. The van der Waals surface area contributed by atoms with Crippen molar-refractivity contribution in [3.8, 4) is 5.75 Å². The van der Waals surface area contributed by atoms with Gasteiger partial charge in [-0.2, -0.15) is 0 Å². The number of aliphatic hydroxyl groups is 2. The fourth-order valence-corrected chi connectivity index (χ4v) is 9.73. The van der Waals surface area contributed by atoms with Crippen molar-refractivity contribution in [1.29, 1.82) is 0 Å². The standard InChI is InChI=1S/C36H40FNO7/c1-19-7-10-27(43-18-20-5-4-6-22(38)13-20)32(37)30(19)33-44-29-15-25-24-9-8-21-14-23(40)11-12-34(21,2)31(24)26(41)16-35(25,3)36(29,45-33)28(42)17-39/h4-7,10-14,24-26,29,31,33,39,41H,8-9,15-18,38H2,1-3H3/t24?,25-,26-,29+,31+,33-,34-,35-,36+/m0/s1. The van der Waals surface area contributed by atoms with Crippen LogP contribution in [0.5, 0.6) is 5.75 Å². The van der Waals surface area contributed by atoms with Crippen LogP contribution in [0.3, 0.4) is 0 Å². The molecule has 0 radical (unpaired) electrons. The van der Waals surface area contributed by atoms with Crippen LogP contribution in [-0.2, 0) is 25.7 Å². The summed E-state index contributed by atoms with van der Waals surface area (Å²) in [4.78, 5) is 26.0. The van der Waals surface area contributed by atoms with Gasteiger partial charge in [0.25, 0.3) is 0 Å². The third kappa shape index (κ3) is 4.31. The van der Waals surface area contributed by atoms with Gasteiger partial charge in [0.2, 0.25) is 0 Å². The van der Waals surface area contributed by atoms with Gasteiger partial charge >= 0.3 is 0 Å². The van der Waals surface area contributed by atoms with Gasteiger partial charge in [-0.3, -0.25) is 9.59 Å².